The summed E-state index contributed by atoms with van der Waals surface area (Å²) in [4.78, 5) is 2.11. The van der Waals surface area contributed by atoms with Crippen LogP contribution in [0, 0.1) is 0 Å². The van der Waals surface area contributed by atoms with Crippen LogP contribution in [0.4, 0.5) is 13.2 Å². The van der Waals surface area contributed by atoms with Crippen LogP contribution in [-0.2, 0) is 12.6 Å². The number of rotatable bonds is 0. The summed E-state index contributed by atoms with van der Waals surface area (Å²) < 4.78 is 37.8. The highest BCUT2D eigenvalue weighted by atomic mass is 32.2. The highest BCUT2D eigenvalue weighted by Crippen LogP contribution is 2.37. The van der Waals surface area contributed by atoms with Crippen molar-refractivity contribution in [3.05, 3.63) is 40.3 Å². The van der Waals surface area contributed by atoms with E-state index in [1.165, 1.54) is 12.1 Å². The molecule has 2 rings (SSSR count). The number of hydrogen-bond acceptors (Lipinski definition) is 1. The van der Waals surface area contributed by atoms with Crippen LogP contribution in [0.2, 0.25) is 0 Å². The van der Waals surface area contributed by atoms with Crippen molar-refractivity contribution in [2.24, 2.45) is 0 Å². The van der Waals surface area contributed by atoms with Crippen molar-refractivity contribution >= 4 is 11.8 Å². The normalized spacial score (nSPS) is 19.9. The third-order valence-corrected chi connectivity index (χ3v) is 3.85. The molecule has 0 amide bonds. The van der Waals surface area contributed by atoms with Crippen molar-refractivity contribution < 1.29 is 13.2 Å². The van der Waals surface area contributed by atoms with Gasteiger partial charge >= 0.3 is 6.18 Å². The molecule has 4 heteroatoms. The van der Waals surface area contributed by atoms with Crippen LogP contribution in [0.1, 0.15) is 30.9 Å². The van der Waals surface area contributed by atoms with Crippen LogP contribution in [-0.4, -0.2) is 0 Å². The highest BCUT2D eigenvalue weighted by molar-refractivity contribution is 8.03. The summed E-state index contributed by atoms with van der Waals surface area (Å²) in [5, 5.41) is 0. The molecule has 0 saturated carbocycles. The molecule has 0 unspecified atom stereocenters. The second-order valence-corrected chi connectivity index (χ2v) is 5.42. The molecule has 1 heterocycles. The number of fused-ring (bicyclic) bond motifs is 1. The van der Waals surface area contributed by atoms with Gasteiger partial charge in [-0.25, -0.2) is 0 Å². The summed E-state index contributed by atoms with van der Waals surface area (Å²) in [6, 6.07) is 4.05. The van der Waals surface area contributed by atoms with Crippen molar-refractivity contribution in [2.75, 3.05) is 0 Å². The molecule has 1 aromatic carbocycles. The van der Waals surface area contributed by atoms with Crippen molar-refractivity contribution in [1.29, 1.82) is 0 Å². The van der Waals surface area contributed by atoms with E-state index in [0.29, 0.717) is 0 Å². The van der Waals surface area contributed by atoms with Crippen LogP contribution in [0.25, 0.3) is 0 Å². The first-order valence-electron chi connectivity index (χ1n) is 5.51. The van der Waals surface area contributed by atoms with Crippen LogP contribution in [0.15, 0.2) is 34.1 Å². The Hall–Kier alpha value is -0.900. The minimum absolute atomic E-state index is 0.543. The van der Waals surface area contributed by atoms with Gasteiger partial charge in [0.25, 0.3) is 0 Å². The topological polar surface area (TPSA) is 0 Å². The Morgan fingerprint density at radius 3 is 2.71 bits per heavy atom. The van der Waals surface area contributed by atoms with E-state index in [-0.39, 0.29) is 0 Å². The maximum atomic E-state index is 12.6. The molecule has 1 aliphatic heterocycles. The molecule has 0 atom stereocenters. The van der Waals surface area contributed by atoms with Gasteiger partial charge in [0.1, 0.15) is 0 Å². The molecular formula is C13H13F3S. The van der Waals surface area contributed by atoms with Crippen LogP contribution < -0.4 is 0 Å². The van der Waals surface area contributed by atoms with Gasteiger partial charge in [0, 0.05) is 4.90 Å². The molecule has 1 aromatic rings. The summed E-state index contributed by atoms with van der Waals surface area (Å²) >= 11 is 1.56. The molecule has 0 bridgehead atoms. The SMILES string of the molecule is C/C1=C\CCCc2cc(C(F)(F)F)ccc2S1. The second kappa shape index (κ2) is 4.77. The zero-order valence-corrected chi connectivity index (χ0v) is 10.3. The van der Waals surface area contributed by atoms with Gasteiger partial charge in [-0.2, -0.15) is 13.2 Å². The molecule has 0 aromatic heterocycles. The van der Waals surface area contributed by atoms with Crippen molar-refractivity contribution in [2.45, 2.75) is 37.3 Å². The third kappa shape index (κ3) is 3.06. The summed E-state index contributed by atoms with van der Waals surface area (Å²) in [6.07, 6.45) is 0.467. The first kappa shape index (κ1) is 12.6. The second-order valence-electron chi connectivity index (χ2n) is 4.13. The number of halogens is 3. The van der Waals surface area contributed by atoms with Crippen molar-refractivity contribution in [1.82, 2.24) is 0 Å². The van der Waals surface area contributed by atoms with Gasteiger partial charge in [-0.1, -0.05) is 17.8 Å². The molecule has 1 aliphatic rings. The molecule has 0 nitrogen and oxygen atoms in total. The Labute approximate surface area is 103 Å². The number of thioether (sulfide) groups is 1. The van der Waals surface area contributed by atoms with E-state index >= 15 is 0 Å². The molecule has 0 spiro atoms. The number of aryl methyl sites for hydroxylation is 1. The van der Waals surface area contributed by atoms with E-state index in [2.05, 4.69) is 6.08 Å². The molecule has 17 heavy (non-hydrogen) atoms. The first-order valence-corrected chi connectivity index (χ1v) is 6.33. The van der Waals surface area contributed by atoms with Gasteiger partial charge in [-0.3, -0.25) is 0 Å². The minimum Gasteiger partial charge on any atom is -0.166 e. The fourth-order valence-corrected chi connectivity index (χ4v) is 2.84. The Bertz CT molecular complexity index is 446. The van der Waals surface area contributed by atoms with Crippen LogP contribution >= 0.6 is 11.8 Å². The van der Waals surface area contributed by atoms with Gasteiger partial charge in [-0.05, 0) is 54.9 Å². The molecule has 0 N–H and O–H groups in total. The Balaban J connectivity index is 2.38. The van der Waals surface area contributed by atoms with Crippen LogP contribution in [0.5, 0.6) is 0 Å². The van der Waals surface area contributed by atoms with Gasteiger partial charge in [-0.15, -0.1) is 0 Å². The lowest BCUT2D eigenvalue weighted by molar-refractivity contribution is -0.137. The van der Waals surface area contributed by atoms with Crippen molar-refractivity contribution in [3.63, 3.8) is 0 Å². The fourth-order valence-electron chi connectivity index (χ4n) is 1.86. The van der Waals surface area contributed by atoms with Crippen LogP contribution in [0.3, 0.4) is 0 Å². The maximum Gasteiger partial charge on any atom is 0.416 e. The molecule has 0 saturated heterocycles. The monoisotopic (exact) mass is 258 g/mol. The number of alkyl halides is 3. The van der Waals surface area contributed by atoms with E-state index in [0.717, 1.165) is 34.6 Å². The lowest BCUT2D eigenvalue weighted by Gasteiger charge is -2.15. The summed E-state index contributed by atoms with van der Waals surface area (Å²) in [6.45, 7) is 2.00. The molecule has 0 radical (unpaired) electrons. The molecule has 0 aliphatic carbocycles. The standard InChI is InChI=1S/C13H13F3S/c1-9-4-2-3-5-10-8-11(13(14,15)16)6-7-12(10)17-9/h4,6-8H,2-3,5H2,1H3/b9-4+. The zero-order chi connectivity index (χ0) is 12.5. The number of allylic oxidation sites excluding steroid dienone is 2. The lowest BCUT2D eigenvalue weighted by Crippen LogP contribution is -2.06. The summed E-state index contributed by atoms with van der Waals surface area (Å²) in [5.41, 5.74) is 0.274. The fraction of sp³-hybridized carbons (Fsp3) is 0.385. The maximum absolute atomic E-state index is 12.6. The van der Waals surface area contributed by atoms with Gasteiger partial charge in [0.2, 0.25) is 0 Å². The molecular weight excluding hydrogens is 245 g/mol. The predicted octanol–water partition coefficient (Wildman–Crippen LogP) is 5.04. The number of hydrogen-bond donors (Lipinski definition) is 0. The van der Waals surface area contributed by atoms with Crippen molar-refractivity contribution in [3.8, 4) is 0 Å². The third-order valence-electron chi connectivity index (χ3n) is 2.74. The van der Waals surface area contributed by atoms with E-state index in [1.807, 2.05) is 6.92 Å². The van der Waals surface area contributed by atoms with Gasteiger partial charge < -0.3 is 0 Å². The minimum atomic E-state index is -4.24. The highest BCUT2D eigenvalue weighted by Gasteiger charge is 2.31. The predicted molar refractivity (Wildman–Crippen MR) is 64.0 cm³/mol. The molecule has 0 fully saturated rings. The Morgan fingerprint density at radius 2 is 2.00 bits per heavy atom. The zero-order valence-electron chi connectivity index (χ0n) is 9.47. The van der Waals surface area contributed by atoms with E-state index in [1.54, 1.807) is 17.8 Å². The Morgan fingerprint density at radius 1 is 1.24 bits per heavy atom. The average Bonchev–Trinajstić information content (AvgIpc) is 2.21. The lowest BCUT2D eigenvalue weighted by atomic mass is 10.0. The van der Waals surface area contributed by atoms with E-state index < -0.39 is 11.7 Å². The van der Waals surface area contributed by atoms with Gasteiger partial charge in [0.05, 0.1) is 5.56 Å². The van der Waals surface area contributed by atoms with E-state index in [4.69, 9.17) is 0 Å². The molecule has 92 valence electrons. The first-order chi connectivity index (χ1) is 7.97. The summed E-state index contributed by atoms with van der Waals surface area (Å²) in [7, 11) is 0. The average molecular weight is 258 g/mol. The largest absolute Gasteiger partial charge is 0.416 e. The van der Waals surface area contributed by atoms with E-state index in [9.17, 15) is 13.2 Å². The Kier molecular flexibility index (Phi) is 3.52. The quantitative estimate of drug-likeness (QED) is 0.628. The number of benzene rings is 1. The van der Waals surface area contributed by atoms with Gasteiger partial charge in [0.15, 0.2) is 0 Å². The smallest absolute Gasteiger partial charge is 0.166 e. The summed E-state index contributed by atoms with van der Waals surface area (Å²) in [5.74, 6) is 0.